The largest absolute Gasteiger partial charge is 0.481 e. The fourth-order valence-electron chi connectivity index (χ4n) is 1.10. The van der Waals surface area contributed by atoms with E-state index in [0.29, 0.717) is 4.47 Å². The third-order valence-corrected chi connectivity index (χ3v) is 2.38. The Kier molecular flexibility index (Phi) is 4.55. The van der Waals surface area contributed by atoms with Gasteiger partial charge in [-0.05, 0) is 18.2 Å². The van der Waals surface area contributed by atoms with Crippen molar-refractivity contribution in [2.24, 2.45) is 0 Å². The van der Waals surface area contributed by atoms with E-state index in [9.17, 15) is 22.4 Å². The number of alkyl halides is 3. The van der Waals surface area contributed by atoms with Crippen LogP contribution in [0.5, 0.6) is 5.75 Å². The smallest absolute Gasteiger partial charge is 0.426 e. The molecule has 0 amide bonds. The number of ether oxygens (including phenoxy) is 1. The Balaban J connectivity index is 2.96. The molecule has 1 aromatic carbocycles. The zero-order valence-corrected chi connectivity index (χ0v) is 10.3. The second-order valence-electron chi connectivity index (χ2n) is 3.32. The molecule has 0 spiro atoms. The second kappa shape index (κ2) is 5.55. The van der Waals surface area contributed by atoms with Gasteiger partial charge in [0.25, 0.3) is 0 Å². The SMILES string of the molecule is O=C(O)CC(Oc1cc(Br)ccc1F)C(F)(F)F. The van der Waals surface area contributed by atoms with E-state index in [0.717, 1.165) is 12.1 Å². The molecule has 1 N–H and O–H groups in total. The van der Waals surface area contributed by atoms with Crippen molar-refractivity contribution in [3.63, 3.8) is 0 Å². The van der Waals surface area contributed by atoms with E-state index >= 15 is 0 Å². The maximum absolute atomic E-state index is 13.2. The van der Waals surface area contributed by atoms with Gasteiger partial charge in [-0.2, -0.15) is 13.2 Å². The summed E-state index contributed by atoms with van der Waals surface area (Å²) in [6, 6.07) is 3.19. The molecule has 0 heterocycles. The first-order valence-electron chi connectivity index (χ1n) is 4.60. The van der Waals surface area contributed by atoms with Crippen LogP contribution in [0.2, 0.25) is 0 Å². The van der Waals surface area contributed by atoms with E-state index in [1.165, 1.54) is 6.07 Å². The highest BCUT2D eigenvalue weighted by Gasteiger charge is 2.43. The van der Waals surface area contributed by atoms with Gasteiger partial charge in [-0.25, -0.2) is 4.39 Å². The van der Waals surface area contributed by atoms with Crippen LogP contribution < -0.4 is 4.74 Å². The minimum Gasteiger partial charge on any atom is -0.481 e. The van der Waals surface area contributed by atoms with Crippen molar-refractivity contribution >= 4 is 21.9 Å². The van der Waals surface area contributed by atoms with Crippen molar-refractivity contribution < 1.29 is 32.2 Å². The minimum atomic E-state index is -4.90. The number of rotatable bonds is 4. The lowest BCUT2D eigenvalue weighted by Crippen LogP contribution is -2.36. The molecule has 0 aliphatic carbocycles. The summed E-state index contributed by atoms with van der Waals surface area (Å²) in [6.45, 7) is 0. The van der Waals surface area contributed by atoms with Crippen LogP contribution in [0, 0.1) is 5.82 Å². The molecule has 0 aromatic heterocycles. The number of carboxylic acids is 1. The van der Waals surface area contributed by atoms with E-state index in [4.69, 9.17) is 5.11 Å². The highest BCUT2D eigenvalue weighted by Crippen LogP contribution is 2.30. The van der Waals surface area contributed by atoms with E-state index in [-0.39, 0.29) is 0 Å². The molecule has 1 atom stereocenters. The van der Waals surface area contributed by atoms with Gasteiger partial charge in [0.2, 0.25) is 6.10 Å². The second-order valence-corrected chi connectivity index (χ2v) is 4.24. The molecule has 0 saturated heterocycles. The Hall–Kier alpha value is -1.31. The molecule has 18 heavy (non-hydrogen) atoms. The number of carbonyl (C=O) groups is 1. The van der Waals surface area contributed by atoms with Crippen molar-refractivity contribution in [1.82, 2.24) is 0 Å². The molecule has 0 aliphatic heterocycles. The average Bonchev–Trinajstić information content (AvgIpc) is 2.20. The monoisotopic (exact) mass is 330 g/mol. The Morgan fingerprint density at radius 3 is 2.56 bits per heavy atom. The molecule has 3 nitrogen and oxygen atoms in total. The zero-order chi connectivity index (χ0) is 13.9. The molecule has 0 aliphatic rings. The lowest BCUT2D eigenvalue weighted by molar-refractivity contribution is -0.201. The van der Waals surface area contributed by atoms with E-state index in [1.807, 2.05) is 0 Å². The van der Waals surface area contributed by atoms with Crippen LogP contribution in [0.1, 0.15) is 6.42 Å². The molecule has 100 valence electrons. The molecule has 0 radical (unpaired) electrons. The third kappa shape index (κ3) is 4.17. The number of benzene rings is 1. The van der Waals surface area contributed by atoms with Gasteiger partial charge in [0, 0.05) is 4.47 Å². The van der Waals surface area contributed by atoms with Crippen LogP contribution in [-0.4, -0.2) is 23.4 Å². The fourth-order valence-corrected chi connectivity index (χ4v) is 1.44. The van der Waals surface area contributed by atoms with Gasteiger partial charge in [0.1, 0.15) is 0 Å². The molecular formula is C10H7BrF4O3. The Morgan fingerprint density at radius 2 is 2.06 bits per heavy atom. The zero-order valence-electron chi connectivity index (χ0n) is 8.67. The van der Waals surface area contributed by atoms with Crippen LogP contribution in [0.15, 0.2) is 22.7 Å². The van der Waals surface area contributed by atoms with Crippen LogP contribution in [0.4, 0.5) is 17.6 Å². The van der Waals surface area contributed by atoms with E-state index in [2.05, 4.69) is 20.7 Å². The molecular weight excluding hydrogens is 324 g/mol. The number of aliphatic carboxylic acids is 1. The predicted octanol–water partition coefficient (Wildman–Crippen LogP) is 3.37. The van der Waals surface area contributed by atoms with Gasteiger partial charge >= 0.3 is 12.1 Å². The standard InChI is InChI=1S/C10H7BrF4O3/c11-5-1-2-6(12)7(3-5)18-8(4-9(16)17)10(13,14)15/h1-3,8H,4H2,(H,16,17). The maximum Gasteiger partial charge on any atom is 0.426 e. The van der Waals surface area contributed by atoms with Crippen molar-refractivity contribution in [1.29, 1.82) is 0 Å². The van der Waals surface area contributed by atoms with Gasteiger partial charge < -0.3 is 9.84 Å². The molecule has 1 unspecified atom stereocenters. The summed E-state index contributed by atoms with van der Waals surface area (Å²) in [5.41, 5.74) is 0. The van der Waals surface area contributed by atoms with Gasteiger partial charge in [-0.15, -0.1) is 0 Å². The first-order chi connectivity index (χ1) is 8.20. The summed E-state index contributed by atoms with van der Waals surface area (Å²) in [7, 11) is 0. The first-order valence-corrected chi connectivity index (χ1v) is 5.39. The topological polar surface area (TPSA) is 46.5 Å². The van der Waals surface area contributed by atoms with Crippen molar-refractivity contribution in [2.45, 2.75) is 18.7 Å². The van der Waals surface area contributed by atoms with Crippen LogP contribution >= 0.6 is 15.9 Å². The van der Waals surface area contributed by atoms with Gasteiger partial charge in [-0.1, -0.05) is 15.9 Å². The molecule has 0 bridgehead atoms. The van der Waals surface area contributed by atoms with Crippen molar-refractivity contribution in [2.75, 3.05) is 0 Å². The lowest BCUT2D eigenvalue weighted by Gasteiger charge is -2.20. The van der Waals surface area contributed by atoms with Crippen LogP contribution in [0.25, 0.3) is 0 Å². The molecule has 1 aromatic rings. The first kappa shape index (κ1) is 14.7. The van der Waals surface area contributed by atoms with Crippen LogP contribution in [-0.2, 0) is 4.79 Å². The number of halogens is 5. The predicted molar refractivity (Wildman–Crippen MR) is 56.8 cm³/mol. The van der Waals surface area contributed by atoms with Gasteiger partial charge in [0.05, 0.1) is 6.42 Å². The summed E-state index contributed by atoms with van der Waals surface area (Å²) >= 11 is 2.94. The number of carboxylic acid groups (broad SMARTS) is 1. The Bertz CT molecular complexity index is 447. The summed E-state index contributed by atoms with van der Waals surface area (Å²) in [4.78, 5) is 10.3. The highest BCUT2D eigenvalue weighted by molar-refractivity contribution is 9.10. The van der Waals surface area contributed by atoms with E-state index in [1.54, 1.807) is 0 Å². The highest BCUT2D eigenvalue weighted by atomic mass is 79.9. The maximum atomic E-state index is 13.2. The normalized spacial score (nSPS) is 13.2. The number of hydrogen-bond donors (Lipinski definition) is 1. The molecule has 8 heteroatoms. The van der Waals surface area contributed by atoms with E-state index < -0.39 is 36.2 Å². The Labute approximate surface area is 107 Å². The fraction of sp³-hybridized carbons (Fsp3) is 0.300. The number of hydrogen-bond acceptors (Lipinski definition) is 2. The minimum absolute atomic E-state index is 0.315. The van der Waals surface area contributed by atoms with Crippen molar-refractivity contribution in [3.05, 3.63) is 28.5 Å². The molecule has 0 saturated carbocycles. The summed E-state index contributed by atoms with van der Waals surface area (Å²) in [5, 5.41) is 8.37. The molecule has 1 rings (SSSR count). The third-order valence-electron chi connectivity index (χ3n) is 1.89. The summed E-state index contributed by atoms with van der Waals surface area (Å²) < 4.78 is 55.3. The Morgan fingerprint density at radius 1 is 1.44 bits per heavy atom. The quantitative estimate of drug-likeness (QED) is 0.861. The van der Waals surface area contributed by atoms with Gasteiger partial charge in [-0.3, -0.25) is 4.79 Å². The summed E-state index contributed by atoms with van der Waals surface area (Å²) in [5.74, 6) is -3.35. The lowest BCUT2D eigenvalue weighted by atomic mass is 10.2. The summed E-state index contributed by atoms with van der Waals surface area (Å²) in [6.07, 6.45) is -8.79. The molecule has 0 fully saturated rings. The van der Waals surface area contributed by atoms with Crippen molar-refractivity contribution in [3.8, 4) is 5.75 Å². The average molecular weight is 331 g/mol. The van der Waals surface area contributed by atoms with Gasteiger partial charge in [0.15, 0.2) is 11.6 Å². The van der Waals surface area contributed by atoms with Crippen LogP contribution in [0.3, 0.4) is 0 Å².